The molecule has 1 aliphatic carbocycles. The van der Waals surface area contributed by atoms with Crippen molar-refractivity contribution < 1.29 is 9.84 Å². The number of nitrogens with zero attached hydrogens (tertiary/aromatic N) is 1. The molecular formula is C20H27N3O3S. The van der Waals surface area contributed by atoms with Crippen molar-refractivity contribution in [2.75, 3.05) is 20.3 Å². The number of rotatable bonds is 6. The molecule has 7 heteroatoms. The van der Waals surface area contributed by atoms with E-state index in [4.69, 9.17) is 17.0 Å². The Labute approximate surface area is 164 Å². The minimum atomic E-state index is -0.143. The molecule has 1 aliphatic rings. The van der Waals surface area contributed by atoms with E-state index in [-0.39, 0.29) is 12.2 Å². The first-order chi connectivity index (χ1) is 13.1. The highest BCUT2D eigenvalue weighted by Crippen LogP contribution is 2.20. The number of hydrogen-bond donors (Lipinski definition) is 3. The van der Waals surface area contributed by atoms with E-state index >= 15 is 0 Å². The second kappa shape index (κ2) is 9.19. The Morgan fingerprint density at radius 1 is 1.33 bits per heavy atom. The molecule has 27 heavy (non-hydrogen) atoms. The van der Waals surface area contributed by atoms with Crippen molar-refractivity contribution in [2.24, 2.45) is 0 Å². The van der Waals surface area contributed by atoms with Crippen molar-refractivity contribution in [3.63, 3.8) is 0 Å². The molecule has 0 unspecified atom stereocenters. The van der Waals surface area contributed by atoms with Gasteiger partial charge in [0.05, 0.1) is 20.3 Å². The fraction of sp³-hybridized carbons (Fsp3) is 0.500. The van der Waals surface area contributed by atoms with Crippen LogP contribution in [0.2, 0.25) is 0 Å². The zero-order chi connectivity index (χ0) is 19.2. The number of methoxy groups -OCH3 is 1. The number of nitrogens with one attached hydrogen (secondary N) is 2. The summed E-state index contributed by atoms with van der Waals surface area (Å²) in [5.74, 6) is 0.738. The van der Waals surface area contributed by atoms with Gasteiger partial charge in [-0.1, -0.05) is 19.3 Å². The molecule has 1 aromatic heterocycles. The number of aromatic nitrogens is 1. The van der Waals surface area contributed by atoms with Crippen LogP contribution in [0.5, 0.6) is 5.75 Å². The zero-order valence-corrected chi connectivity index (χ0v) is 16.5. The summed E-state index contributed by atoms with van der Waals surface area (Å²) in [6.07, 6.45) is 5.94. The van der Waals surface area contributed by atoms with E-state index in [0.717, 1.165) is 29.5 Å². The first-order valence-corrected chi connectivity index (χ1v) is 9.88. The van der Waals surface area contributed by atoms with Crippen LogP contribution in [0.1, 0.15) is 37.7 Å². The lowest BCUT2D eigenvalue weighted by molar-refractivity contribution is 0.243. The second-order valence-corrected chi connectivity index (χ2v) is 7.39. The van der Waals surface area contributed by atoms with Crippen molar-refractivity contribution in [3.05, 3.63) is 40.2 Å². The normalized spacial score (nSPS) is 14.9. The van der Waals surface area contributed by atoms with Gasteiger partial charge >= 0.3 is 0 Å². The number of benzene rings is 1. The van der Waals surface area contributed by atoms with Crippen LogP contribution < -0.4 is 15.6 Å². The Hall–Kier alpha value is -2.12. The summed E-state index contributed by atoms with van der Waals surface area (Å²) in [6.45, 7) is 0.710. The highest BCUT2D eigenvalue weighted by molar-refractivity contribution is 7.80. The van der Waals surface area contributed by atoms with E-state index in [1.807, 2.05) is 29.2 Å². The number of H-pyrrole nitrogens is 1. The molecule has 0 spiro atoms. The largest absolute Gasteiger partial charge is 0.497 e. The molecule has 0 aliphatic heterocycles. The average Bonchev–Trinajstić information content (AvgIpc) is 2.68. The molecule has 1 fully saturated rings. The zero-order valence-electron chi connectivity index (χ0n) is 15.7. The fourth-order valence-electron chi connectivity index (χ4n) is 3.57. The van der Waals surface area contributed by atoms with Gasteiger partial charge in [0.25, 0.3) is 5.56 Å². The molecule has 1 heterocycles. The number of thiocarbonyl (C=S) groups is 1. The lowest BCUT2D eigenvalue weighted by Gasteiger charge is -2.30. The van der Waals surface area contributed by atoms with Crippen LogP contribution in [0.15, 0.2) is 29.1 Å². The Balaban J connectivity index is 1.79. The monoisotopic (exact) mass is 389 g/mol. The minimum Gasteiger partial charge on any atom is -0.497 e. The third kappa shape index (κ3) is 4.99. The topological polar surface area (TPSA) is 77.6 Å². The fourth-order valence-corrected chi connectivity index (χ4v) is 3.89. The summed E-state index contributed by atoms with van der Waals surface area (Å²) in [6, 6.07) is 7.79. The van der Waals surface area contributed by atoms with Gasteiger partial charge in [-0.05, 0) is 49.3 Å². The van der Waals surface area contributed by atoms with Crippen molar-refractivity contribution in [1.29, 1.82) is 0 Å². The number of hydrogen-bond acceptors (Lipinski definition) is 4. The maximum absolute atomic E-state index is 12.5. The van der Waals surface area contributed by atoms with Crippen LogP contribution >= 0.6 is 12.2 Å². The summed E-state index contributed by atoms with van der Waals surface area (Å²) in [5.41, 5.74) is 1.23. The number of fused-ring (bicyclic) bond motifs is 1. The molecule has 6 nitrogen and oxygen atoms in total. The molecule has 0 saturated heterocycles. The molecule has 1 aromatic carbocycles. The maximum Gasteiger partial charge on any atom is 0.253 e. The van der Waals surface area contributed by atoms with Gasteiger partial charge in [0.1, 0.15) is 5.75 Å². The van der Waals surface area contributed by atoms with E-state index in [0.29, 0.717) is 29.8 Å². The molecule has 0 atom stereocenters. The van der Waals surface area contributed by atoms with Crippen LogP contribution in [-0.2, 0) is 6.54 Å². The first-order valence-electron chi connectivity index (χ1n) is 9.47. The van der Waals surface area contributed by atoms with Crippen molar-refractivity contribution >= 4 is 28.2 Å². The van der Waals surface area contributed by atoms with Crippen LogP contribution in [0.3, 0.4) is 0 Å². The Bertz CT molecular complexity index is 846. The lowest BCUT2D eigenvalue weighted by atomic mass is 9.96. The molecular weight excluding hydrogens is 362 g/mol. The Morgan fingerprint density at radius 3 is 2.81 bits per heavy atom. The molecule has 0 amide bonds. The number of ether oxygens (including phenoxy) is 1. The van der Waals surface area contributed by atoms with Crippen LogP contribution in [-0.4, -0.2) is 46.4 Å². The highest BCUT2D eigenvalue weighted by Gasteiger charge is 2.18. The van der Waals surface area contributed by atoms with Gasteiger partial charge in [0.15, 0.2) is 5.11 Å². The third-order valence-electron chi connectivity index (χ3n) is 5.08. The number of aliphatic hydroxyl groups is 1. The number of aromatic amines is 1. The average molecular weight is 390 g/mol. The van der Waals surface area contributed by atoms with Crippen LogP contribution in [0.25, 0.3) is 10.9 Å². The van der Waals surface area contributed by atoms with E-state index in [9.17, 15) is 9.90 Å². The van der Waals surface area contributed by atoms with Crippen molar-refractivity contribution in [3.8, 4) is 5.75 Å². The van der Waals surface area contributed by atoms with Gasteiger partial charge in [-0.3, -0.25) is 4.79 Å². The second-order valence-electron chi connectivity index (χ2n) is 7.01. The van der Waals surface area contributed by atoms with E-state index < -0.39 is 0 Å². The number of aliphatic hydroxyl groups excluding tert-OH is 1. The van der Waals surface area contributed by atoms with Crippen LogP contribution in [0.4, 0.5) is 0 Å². The molecule has 0 radical (unpaired) electrons. The summed E-state index contributed by atoms with van der Waals surface area (Å²) in [5, 5.41) is 14.4. The van der Waals surface area contributed by atoms with Crippen LogP contribution in [0, 0.1) is 0 Å². The first kappa shape index (κ1) is 19.6. The SMILES string of the molecule is COc1ccc2[nH]c(=O)c(CN(CCO)C(=S)NC3CCCCC3)cc2c1. The maximum atomic E-state index is 12.5. The standard InChI is InChI=1S/C20H27N3O3S/c1-26-17-7-8-18-14(12-17)11-15(19(25)22-18)13-23(9-10-24)20(27)21-16-5-3-2-4-6-16/h7-8,11-12,16,24H,2-6,9-10,13H2,1H3,(H,21,27)(H,22,25). The summed E-state index contributed by atoms with van der Waals surface area (Å²) < 4.78 is 5.27. The quantitative estimate of drug-likeness (QED) is 0.659. The van der Waals surface area contributed by atoms with Gasteiger partial charge < -0.3 is 25.0 Å². The molecule has 1 saturated carbocycles. The van der Waals surface area contributed by atoms with Crippen molar-refractivity contribution in [1.82, 2.24) is 15.2 Å². The molecule has 0 bridgehead atoms. The Kier molecular flexibility index (Phi) is 6.68. The summed E-state index contributed by atoms with van der Waals surface area (Å²) in [7, 11) is 1.62. The molecule has 2 aromatic rings. The Morgan fingerprint density at radius 2 is 2.11 bits per heavy atom. The molecule has 3 N–H and O–H groups in total. The van der Waals surface area contributed by atoms with E-state index in [2.05, 4.69) is 10.3 Å². The molecule has 146 valence electrons. The minimum absolute atomic E-state index is 0.0220. The third-order valence-corrected chi connectivity index (χ3v) is 5.46. The number of pyridine rings is 1. The van der Waals surface area contributed by atoms with Gasteiger partial charge in [-0.15, -0.1) is 0 Å². The van der Waals surface area contributed by atoms with Gasteiger partial charge in [-0.25, -0.2) is 0 Å². The lowest BCUT2D eigenvalue weighted by Crippen LogP contribution is -2.46. The predicted octanol–water partition coefficient (Wildman–Crippen LogP) is 2.54. The van der Waals surface area contributed by atoms with E-state index in [1.54, 1.807) is 7.11 Å². The molecule has 3 rings (SSSR count). The van der Waals surface area contributed by atoms with Gasteiger partial charge in [0.2, 0.25) is 0 Å². The van der Waals surface area contributed by atoms with Gasteiger partial charge in [0, 0.05) is 29.1 Å². The van der Waals surface area contributed by atoms with E-state index in [1.165, 1.54) is 19.3 Å². The van der Waals surface area contributed by atoms with Gasteiger partial charge in [-0.2, -0.15) is 0 Å². The summed E-state index contributed by atoms with van der Waals surface area (Å²) >= 11 is 5.57. The van der Waals surface area contributed by atoms with Crippen molar-refractivity contribution in [2.45, 2.75) is 44.7 Å². The predicted molar refractivity (Wildman–Crippen MR) is 111 cm³/mol. The highest BCUT2D eigenvalue weighted by atomic mass is 32.1. The smallest absolute Gasteiger partial charge is 0.253 e. The summed E-state index contributed by atoms with van der Waals surface area (Å²) in [4.78, 5) is 17.3.